The predicted molar refractivity (Wildman–Crippen MR) is 103 cm³/mol. The van der Waals surface area contributed by atoms with Crippen LogP contribution in [0, 0.1) is 5.82 Å². The van der Waals surface area contributed by atoms with Gasteiger partial charge in [0, 0.05) is 31.4 Å². The molecule has 31 heavy (non-hydrogen) atoms. The second-order valence-corrected chi connectivity index (χ2v) is 7.54. The number of carbonyl (C=O) groups is 1. The van der Waals surface area contributed by atoms with Crippen molar-refractivity contribution in [3.05, 3.63) is 65.9 Å². The third kappa shape index (κ3) is 4.42. The number of nitrogens with zero attached hydrogens (tertiary/aromatic N) is 5. The Morgan fingerprint density at radius 1 is 1.19 bits per heavy atom. The highest BCUT2D eigenvalue weighted by molar-refractivity contribution is 5.92. The van der Waals surface area contributed by atoms with Crippen molar-refractivity contribution in [1.29, 1.82) is 0 Å². The number of aryl methyl sites for hydroxylation is 1. The molecule has 1 saturated carbocycles. The molecule has 0 bridgehead atoms. The zero-order valence-corrected chi connectivity index (χ0v) is 16.6. The number of hydrogen-bond acceptors (Lipinski definition) is 4. The van der Waals surface area contributed by atoms with Crippen molar-refractivity contribution >= 4 is 5.91 Å². The van der Waals surface area contributed by atoms with Crippen LogP contribution in [-0.4, -0.2) is 36.4 Å². The molecule has 1 fully saturated rings. The molecular weight excluding hydrogens is 414 g/mol. The Morgan fingerprint density at radius 2 is 1.97 bits per heavy atom. The lowest BCUT2D eigenvalue weighted by molar-refractivity contribution is -0.141. The topological polar surface area (TPSA) is 63.9 Å². The van der Waals surface area contributed by atoms with Gasteiger partial charge < -0.3 is 9.47 Å². The van der Waals surface area contributed by atoms with Gasteiger partial charge in [-0.05, 0) is 37.0 Å². The molecule has 0 unspecified atom stereocenters. The molecule has 1 aliphatic rings. The van der Waals surface area contributed by atoms with Gasteiger partial charge in [0.25, 0.3) is 5.91 Å². The van der Waals surface area contributed by atoms with Crippen molar-refractivity contribution in [3.8, 4) is 11.3 Å². The molecule has 0 saturated heterocycles. The fourth-order valence-electron chi connectivity index (χ4n) is 3.41. The van der Waals surface area contributed by atoms with Crippen molar-refractivity contribution in [2.75, 3.05) is 0 Å². The zero-order valence-electron chi connectivity index (χ0n) is 16.6. The van der Waals surface area contributed by atoms with E-state index >= 15 is 0 Å². The van der Waals surface area contributed by atoms with E-state index < -0.39 is 17.7 Å². The van der Waals surface area contributed by atoms with Crippen LogP contribution in [0.2, 0.25) is 0 Å². The number of imidazole rings is 1. The molecule has 162 valence electrons. The van der Waals surface area contributed by atoms with Gasteiger partial charge in [-0.3, -0.25) is 9.78 Å². The second kappa shape index (κ2) is 8.09. The molecule has 10 heteroatoms. The molecule has 0 aliphatic heterocycles. The molecule has 0 N–H and O–H groups in total. The monoisotopic (exact) mass is 433 g/mol. The van der Waals surface area contributed by atoms with Crippen molar-refractivity contribution in [2.24, 2.45) is 7.05 Å². The van der Waals surface area contributed by atoms with Crippen LogP contribution >= 0.6 is 0 Å². The lowest BCUT2D eigenvalue weighted by Gasteiger charge is -2.37. The minimum absolute atomic E-state index is 0.0152. The van der Waals surface area contributed by atoms with E-state index in [1.165, 1.54) is 12.1 Å². The molecule has 6 nitrogen and oxygen atoms in total. The third-order valence-electron chi connectivity index (χ3n) is 5.30. The van der Waals surface area contributed by atoms with E-state index in [0.717, 1.165) is 25.5 Å². The van der Waals surface area contributed by atoms with Crippen molar-refractivity contribution < 1.29 is 22.4 Å². The lowest BCUT2D eigenvalue weighted by atomic mass is 9.90. The van der Waals surface area contributed by atoms with Gasteiger partial charge in [-0.25, -0.2) is 14.4 Å². The summed E-state index contributed by atoms with van der Waals surface area (Å²) in [5.74, 6) is -0.852. The molecule has 0 atom stereocenters. The summed E-state index contributed by atoms with van der Waals surface area (Å²) in [5.41, 5.74) is -0.180. The Bertz CT molecular complexity index is 1090. The Morgan fingerprint density at radius 3 is 2.52 bits per heavy atom. The average molecular weight is 433 g/mol. The minimum Gasteiger partial charge on any atom is -0.340 e. The smallest absolute Gasteiger partial charge is 0.340 e. The SMILES string of the molecule is Cn1cnc(C(=O)N(Cc2ccc(F)c(-c3cnc(C(F)(F)F)cn3)c2)C2CCC2)c1. The van der Waals surface area contributed by atoms with Crippen LogP contribution in [0.3, 0.4) is 0 Å². The molecule has 2 aromatic heterocycles. The first kappa shape index (κ1) is 21.0. The highest BCUT2D eigenvalue weighted by Gasteiger charge is 2.33. The summed E-state index contributed by atoms with van der Waals surface area (Å²) in [6.45, 7) is 0.224. The summed E-state index contributed by atoms with van der Waals surface area (Å²) in [6.07, 6.45) is 2.80. The summed E-state index contributed by atoms with van der Waals surface area (Å²) in [5, 5.41) is 0. The summed E-state index contributed by atoms with van der Waals surface area (Å²) < 4.78 is 54.3. The van der Waals surface area contributed by atoms with Crippen LogP contribution in [0.4, 0.5) is 17.6 Å². The maximum atomic E-state index is 14.4. The van der Waals surface area contributed by atoms with Gasteiger partial charge in [0.2, 0.25) is 0 Å². The molecule has 0 radical (unpaired) electrons. The molecule has 1 aliphatic carbocycles. The quantitative estimate of drug-likeness (QED) is 0.565. The molecule has 3 aromatic rings. The predicted octanol–water partition coefficient (Wildman–Crippen LogP) is 4.23. The number of rotatable bonds is 5. The van der Waals surface area contributed by atoms with Crippen molar-refractivity contribution in [2.45, 2.75) is 38.0 Å². The van der Waals surface area contributed by atoms with Gasteiger partial charge in [0.1, 0.15) is 11.5 Å². The fourth-order valence-corrected chi connectivity index (χ4v) is 3.41. The van der Waals surface area contributed by atoms with Crippen molar-refractivity contribution in [1.82, 2.24) is 24.4 Å². The standard InChI is InChI=1S/C21H19F4N5O/c1-29-11-18(28-12-29)20(31)30(14-3-2-4-14)10-13-5-6-16(22)15(7-13)17-8-27-19(9-26-17)21(23,24)25/h5-9,11-12,14H,2-4,10H2,1H3. The van der Waals surface area contributed by atoms with E-state index in [4.69, 9.17) is 0 Å². The van der Waals surface area contributed by atoms with Crippen LogP contribution in [0.25, 0.3) is 11.3 Å². The van der Waals surface area contributed by atoms with E-state index in [1.807, 2.05) is 0 Å². The minimum atomic E-state index is -4.62. The van der Waals surface area contributed by atoms with Gasteiger partial charge in [0.05, 0.1) is 24.4 Å². The third-order valence-corrected chi connectivity index (χ3v) is 5.30. The van der Waals surface area contributed by atoms with E-state index in [2.05, 4.69) is 15.0 Å². The maximum Gasteiger partial charge on any atom is 0.434 e. The Balaban J connectivity index is 1.61. The molecule has 0 spiro atoms. The Hall–Kier alpha value is -3.30. The maximum absolute atomic E-state index is 14.4. The first-order valence-electron chi connectivity index (χ1n) is 9.69. The molecule has 1 amide bonds. The summed E-state index contributed by atoms with van der Waals surface area (Å²) in [4.78, 5) is 25.9. The summed E-state index contributed by atoms with van der Waals surface area (Å²) >= 11 is 0. The molecular formula is C21H19F4N5O. The lowest BCUT2D eigenvalue weighted by Crippen LogP contribution is -2.43. The van der Waals surface area contributed by atoms with Crippen LogP contribution in [0.15, 0.2) is 43.1 Å². The van der Waals surface area contributed by atoms with Gasteiger partial charge in [-0.1, -0.05) is 6.07 Å². The van der Waals surface area contributed by atoms with E-state index in [0.29, 0.717) is 17.5 Å². The molecule has 4 rings (SSSR count). The number of alkyl halides is 3. The molecule has 2 heterocycles. The van der Waals surface area contributed by atoms with Gasteiger partial charge in [0.15, 0.2) is 5.69 Å². The fraction of sp³-hybridized carbons (Fsp3) is 0.333. The largest absolute Gasteiger partial charge is 0.434 e. The number of hydrogen-bond donors (Lipinski definition) is 0. The number of benzene rings is 1. The molecule has 1 aromatic carbocycles. The number of carbonyl (C=O) groups excluding carboxylic acids is 1. The first-order chi connectivity index (χ1) is 14.7. The first-order valence-corrected chi connectivity index (χ1v) is 9.69. The summed E-state index contributed by atoms with van der Waals surface area (Å²) in [6, 6.07) is 4.32. The number of amides is 1. The van der Waals surface area contributed by atoms with E-state index in [1.54, 1.807) is 35.1 Å². The van der Waals surface area contributed by atoms with Gasteiger partial charge in [-0.15, -0.1) is 0 Å². The number of aromatic nitrogens is 4. The van der Waals surface area contributed by atoms with Crippen LogP contribution in [0.1, 0.15) is 41.0 Å². The normalized spacial score (nSPS) is 14.4. The van der Waals surface area contributed by atoms with Crippen LogP contribution in [0.5, 0.6) is 0 Å². The van der Waals surface area contributed by atoms with Crippen molar-refractivity contribution in [3.63, 3.8) is 0 Å². The Kier molecular flexibility index (Phi) is 5.47. The zero-order chi connectivity index (χ0) is 22.2. The average Bonchev–Trinajstić information content (AvgIpc) is 3.13. The Labute approximate surface area is 175 Å². The van der Waals surface area contributed by atoms with E-state index in [9.17, 15) is 22.4 Å². The van der Waals surface area contributed by atoms with Gasteiger partial charge >= 0.3 is 6.18 Å². The summed E-state index contributed by atoms with van der Waals surface area (Å²) in [7, 11) is 1.77. The highest BCUT2D eigenvalue weighted by Crippen LogP contribution is 2.30. The number of halogens is 4. The highest BCUT2D eigenvalue weighted by atomic mass is 19.4. The van der Waals surface area contributed by atoms with E-state index in [-0.39, 0.29) is 29.8 Å². The van der Waals surface area contributed by atoms with Gasteiger partial charge in [-0.2, -0.15) is 13.2 Å². The van der Waals surface area contributed by atoms with Crippen LogP contribution < -0.4 is 0 Å². The second-order valence-electron chi connectivity index (χ2n) is 7.54. The van der Waals surface area contributed by atoms with Crippen LogP contribution in [-0.2, 0) is 19.8 Å².